The first-order valence-corrected chi connectivity index (χ1v) is 8.20. The number of pyridine rings is 1. The quantitative estimate of drug-likeness (QED) is 0.678. The Morgan fingerprint density at radius 2 is 1.80 bits per heavy atom. The van der Waals surface area contributed by atoms with Crippen LogP contribution in [-0.4, -0.2) is 34.3 Å². The number of hydrogen-bond acceptors (Lipinski definition) is 3. The zero-order valence-electron chi connectivity index (χ0n) is 14.0. The third-order valence-corrected chi connectivity index (χ3v) is 3.87. The largest absolute Gasteiger partial charge is 0.356 e. The summed E-state index contributed by atoms with van der Waals surface area (Å²) in [6.45, 7) is 2.56. The van der Waals surface area contributed by atoms with Crippen molar-refractivity contribution in [2.75, 3.05) is 13.1 Å². The smallest absolute Gasteiger partial charge is 0.251 e. The molecule has 0 aliphatic rings. The predicted molar refractivity (Wildman–Crippen MR) is 96.3 cm³/mol. The lowest BCUT2D eigenvalue weighted by molar-refractivity contribution is -0.118. The topological polar surface area (TPSA) is 75.5 Å². The minimum atomic E-state index is -0.118. The number of nitrogens with zero attached hydrogens (tertiary/aromatic N) is 2. The summed E-state index contributed by atoms with van der Waals surface area (Å²) in [7, 11) is 0. The molecule has 0 radical (unpaired) electrons. The number of imidazole rings is 1. The summed E-state index contributed by atoms with van der Waals surface area (Å²) in [4.78, 5) is 27.3. The van der Waals surface area contributed by atoms with Gasteiger partial charge >= 0.3 is 0 Å². The molecule has 0 fully saturated rings. The average molecular weight is 336 g/mol. The molecule has 2 amide bonds. The SMILES string of the molecule is CC(=O)NCCCNC(=O)c1ccc(-c2cnc3ccccn23)cc1. The molecule has 6 nitrogen and oxygen atoms in total. The molecule has 0 unspecified atom stereocenters. The molecule has 3 rings (SSSR count). The number of amides is 2. The number of carbonyl (C=O) groups is 2. The van der Waals surface area contributed by atoms with Crippen LogP contribution >= 0.6 is 0 Å². The summed E-state index contributed by atoms with van der Waals surface area (Å²) in [5, 5.41) is 5.55. The number of fused-ring (bicyclic) bond motifs is 1. The molecule has 2 heterocycles. The molecule has 0 aliphatic carbocycles. The minimum Gasteiger partial charge on any atom is -0.356 e. The van der Waals surface area contributed by atoms with E-state index in [-0.39, 0.29) is 11.8 Å². The molecule has 25 heavy (non-hydrogen) atoms. The maximum Gasteiger partial charge on any atom is 0.251 e. The van der Waals surface area contributed by atoms with Crippen molar-refractivity contribution in [3.8, 4) is 11.3 Å². The van der Waals surface area contributed by atoms with Crippen molar-refractivity contribution in [3.05, 3.63) is 60.4 Å². The van der Waals surface area contributed by atoms with Crippen LogP contribution in [0.3, 0.4) is 0 Å². The van der Waals surface area contributed by atoms with Gasteiger partial charge in [-0.1, -0.05) is 18.2 Å². The van der Waals surface area contributed by atoms with Crippen LogP contribution in [0.4, 0.5) is 0 Å². The second-order valence-corrected chi connectivity index (χ2v) is 5.74. The molecule has 0 saturated heterocycles. The first-order chi connectivity index (χ1) is 12.1. The van der Waals surface area contributed by atoms with Crippen molar-refractivity contribution in [1.82, 2.24) is 20.0 Å². The molecule has 6 heteroatoms. The number of nitrogens with one attached hydrogen (secondary N) is 2. The Bertz CT molecular complexity index is 884. The van der Waals surface area contributed by atoms with E-state index < -0.39 is 0 Å². The number of rotatable bonds is 6. The van der Waals surface area contributed by atoms with Gasteiger partial charge in [0.15, 0.2) is 0 Å². The standard InChI is InChI=1S/C19H20N4O2/c1-14(24)20-10-4-11-21-19(25)16-8-6-15(7-9-16)17-13-22-18-5-2-3-12-23(17)18/h2-3,5-9,12-13H,4,10-11H2,1H3,(H,20,24)(H,21,25). The Morgan fingerprint density at radius 3 is 2.56 bits per heavy atom. The molecular weight excluding hydrogens is 316 g/mol. The van der Waals surface area contributed by atoms with Gasteiger partial charge in [-0.05, 0) is 30.7 Å². The minimum absolute atomic E-state index is 0.0608. The zero-order chi connectivity index (χ0) is 17.6. The Labute approximate surface area is 145 Å². The Morgan fingerprint density at radius 1 is 1.04 bits per heavy atom. The number of hydrogen-bond donors (Lipinski definition) is 2. The highest BCUT2D eigenvalue weighted by molar-refractivity contribution is 5.94. The monoisotopic (exact) mass is 336 g/mol. The van der Waals surface area contributed by atoms with Crippen molar-refractivity contribution in [1.29, 1.82) is 0 Å². The molecule has 3 aromatic rings. The summed E-state index contributed by atoms with van der Waals surface area (Å²) in [5.74, 6) is -0.179. The summed E-state index contributed by atoms with van der Waals surface area (Å²) in [6.07, 6.45) is 4.49. The van der Waals surface area contributed by atoms with Crippen LogP contribution in [0.5, 0.6) is 0 Å². The van der Waals surface area contributed by atoms with Crippen LogP contribution < -0.4 is 10.6 Å². The van der Waals surface area contributed by atoms with E-state index in [1.807, 2.05) is 47.1 Å². The number of benzene rings is 1. The number of aromatic nitrogens is 2. The summed E-state index contributed by atoms with van der Waals surface area (Å²) >= 11 is 0. The lowest BCUT2D eigenvalue weighted by Gasteiger charge is -2.07. The van der Waals surface area contributed by atoms with Gasteiger partial charge in [0.2, 0.25) is 5.91 Å². The molecular formula is C19H20N4O2. The van der Waals surface area contributed by atoms with Crippen LogP contribution in [0.1, 0.15) is 23.7 Å². The summed E-state index contributed by atoms with van der Waals surface area (Å²) in [5.41, 5.74) is 3.48. The highest BCUT2D eigenvalue weighted by atomic mass is 16.2. The van der Waals surface area contributed by atoms with E-state index in [2.05, 4.69) is 15.6 Å². The van der Waals surface area contributed by atoms with Crippen molar-refractivity contribution in [2.24, 2.45) is 0 Å². The van der Waals surface area contributed by atoms with Crippen molar-refractivity contribution in [2.45, 2.75) is 13.3 Å². The fourth-order valence-electron chi connectivity index (χ4n) is 2.60. The van der Waals surface area contributed by atoms with Gasteiger partial charge in [0.25, 0.3) is 5.91 Å². The average Bonchev–Trinajstić information content (AvgIpc) is 3.05. The van der Waals surface area contributed by atoms with Crippen molar-refractivity contribution >= 4 is 17.5 Å². The molecule has 0 aliphatic heterocycles. The zero-order valence-corrected chi connectivity index (χ0v) is 14.0. The van der Waals surface area contributed by atoms with Gasteiger partial charge in [-0.2, -0.15) is 0 Å². The first-order valence-electron chi connectivity index (χ1n) is 8.20. The van der Waals surface area contributed by atoms with E-state index in [0.29, 0.717) is 25.1 Å². The highest BCUT2D eigenvalue weighted by Gasteiger charge is 2.08. The van der Waals surface area contributed by atoms with Crippen LogP contribution in [0.25, 0.3) is 16.9 Å². The Balaban J connectivity index is 1.62. The van der Waals surface area contributed by atoms with Crippen LogP contribution in [0, 0.1) is 0 Å². The fourth-order valence-corrected chi connectivity index (χ4v) is 2.60. The van der Waals surface area contributed by atoms with Gasteiger partial charge in [0.05, 0.1) is 11.9 Å². The van der Waals surface area contributed by atoms with E-state index in [9.17, 15) is 9.59 Å². The number of carbonyl (C=O) groups excluding carboxylic acids is 2. The molecule has 0 bridgehead atoms. The van der Waals surface area contributed by atoms with E-state index in [1.165, 1.54) is 6.92 Å². The predicted octanol–water partition coefficient (Wildman–Crippen LogP) is 2.26. The molecule has 2 aromatic heterocycles. The second-order valence-electron chi connectivity index (χ2n) is 5.74. The molecule has 0 saturated carbocycles. The maximum atomic E-state index is 12.1. The lowest BCUT2D eigenvalue weighted by Crippen LogP contribution is -2.28. The van der Waals surface area contributed by atoms with Gasteiger partial charge in [0, 0.05) is 37.3 Å². The fraction of sp³-hybridized carbons (Fsp3) is 0.211. The van der Waals surface area contributed by atoms with Crippen LogP contribution in [0.2, 0.25) is 0 Å². The maximum absolute atomic E-state index is 12.1. The van der Waals surface area contributed by atoms with Gasteiger partial charge < -0.3 is 10.6 Å². The van der Waals surface area contributed by atoms with Crippen molar-refractivity contribution in [3.63, 3.8) is 0 Å². The van der Waals surface area contributed by atoms with Crippen LogP contribution in [0.15, 0.2) is 54.9 Å². The van der Waals surface area contributed by atoms with E-state index in [0.717, 1.165) is 16.9 Å². The van der Waals surface area contributed by atoms with Gasteiger partial charge in [-0.3, -0.25) is 14.0 Å². The van der Waals surface area contributed by atoms with Gasteiger partial charge in [-0.15, -0.1) is 0 Å². The molecule has 2 N–H and O–H groups in total. The molecule has 1 aromatic carbocycles. The Kier molecular flexibility index (Phi) is 5.09. The normalized spacial score (nSPS) is 10.6. The van der Waals surface area contributed by atoms with E-state index in [1.54, 1.807) is 12.1 Å². The Hall–Kier alpha value is -3.15. The lowest BCUT2D eigenvalue weighted by atomic mass is 10.1. The molecule has 0 spiro atoms. The van der Waals surface area contributed by atoms with Crippen LogP contribution in [-0.2, 0) is 4.79 Å². The van der Waals surface area contributed by atoms with Gasteiger partial charge in [0.1, 0.15) is 5.65 Å². The second kappa shape index (κ2) is 7.61. The first kappa shape index (κ1) is 16.7. The van der Waals surface area contributed by atoms with E-state index in [4.69, 9.17) is 0 Å². The molecule has 0 atom stereocenters. The molecule has 128 valence electrons. The van der Waals surface area contributed by atoms with Gasteiger partial charge in [-0.25, -0.2) is 4.98 Å². The van der Waals surface area contributed by atoms with E-state index >= 15 is 0 Å². The highest BCUT2D eigenvalue weighted by Crippen LogP contribution is 2.21. The summed E-state index contributed by atoms with van der Waals surface area (Å²) < 4.78 is 2.01. The van der Waals surface area contributed by atoms with Crippen molar-refractivity contribution < 1.29 is 9.59 Å². The summed E-state index contributed by atoms with van der Waals surface area (Å²) in [6, 6.07) is 13.3. The third kappa shape index (κ3) is 4.03. The third-order valence-electron chi connectivity index (χ3n) is 3.87.